The molecule has 0 saturated carbocycles. The minimum Gasteiger partial charge on any atom is -0.281 e. The van der Waals surface area contributed by atoms with Gasteiger partial charge in [-0.3, -0.25) is 19.5 Å². The van der Waals surface area contributed by atoms with Crippen LogP contribution in [0.15, 0.2) is 30.5 Å². The molecule has 0 saturated heterocycles. The maximum atomic E-state index is 11.2. The van der Waals surface area contributed by atoms with E-state index in [1.165, 1.54) is 17.6 Å². The summed E-state index contributed by atoms with van der Waals surface area (Å²) in [6, 6.07) is 6.41. The van der Waals surface area contributed by atoms with Crippen molar-refractivity contribution in [3.63, 3.8) is 0 Å². The number of hydrogen-bond acceptors (Lipinski definition) is 3. The van der Waals surface area contributed by atoms with Gasteiger partial charge in [0.2, 0.25) is 5.91 Å². The maximum Gasteiger partial charge on any atom is 0.293 e. The first-order chi connectivity index (χ1) is 7.11. The molecule has 0 unspecified atom stereocenters. The van der Waals surface area contributed by atoms with E-state index in [-0.39, 0.29) is 11.6 Å². The Hall–Kier alpha value is -2.17. The highest BCUT2D eigenvalue weighted by Gasteiger charge is 2.16. The minimum absolute atomic E-state index is 0.0484. The van der Waals surface area contributed by atoms with Gasteiger partial charge in [-0.25, -0.2) is 0 Å². The van der Waals surface area contributed by atoms with Crippen molar-refractivity contribution in [2.24, 2.45) is 0 Å². The summed E-state index contributed by atoms with van der Waals surface area (Å²) in [5.74, 6) is -0.237. The number of carbonyl (C=O) groups is 1. The van der Waals surface area contributed by atoms with Crippen molar-refractivity contribution in [1.82, 2.24) is 4.57 Å². The predicted molar refractivity (Wildman–Crippen MR) is 54.9 cm³/mol. The van der Waals surface area contributed by atoms with Crippen LogP contribution in [0.25, 0.3) is 10.9 Å². The summed E-state index contributed by atoms with van der Waals surface area (Å²) in [5.41, 5.74) is 0.308. The molecule has 1 aromatic heterocycles. The van der Waals surface area contributed by atoms with Crippen LogP contribution in [0.5, 0.6) is 0 Å². The quantitative estimate of drug-likeness (QED) is 0.528. The Morgan fingerprint density at radius 1 is 1.40 bits per heavy atom. The molecule has 0 aliphatic rings. The second kappa shape index (κ2) is 3.20. The monoisotopic (exact) mass is 204 g/mol. The number of nitrogens with zero attached hydrogens (tertiary/aromatic N) is 2. The molecule has 0 aliphatic heterocycles. The first kappa shape index (κ1) is 9.39. The largest absolute Gasteiger partial charge is 0.293 e. The summed E-state index contributed by atoms with van der Waals surface area (Å²) in [4.78, 5) is 21.5. The van der Waals surface area contributed by atoms with Gasteiger partial charge in [-0.1, -0.05) is 12.1 Å². The Labute approximate surface area is 85.1 Å². The number of non-ortho nitro benzene ring substituents is 1. The van der Waals surface area contributed by atoms with Gasteiger partial charge < -0.3 is 0 Å². The highest BCUT2D eigenvalue weighted by molar-refractivity contribution is 5.96. The van der Waals surface area contributed by atoms with Gasteiger partial charge in [0.05, 0.1) is 4.92 Å². The first-order valence-electron chi connectivity index (χ1n) is 4.36. The van der Waals surface area contributed by atoms with Gasteiger partial charge >= 0.3 is 0 Å². The van der Waals surface area contributed by atoms with Crippen molar-refractivity contribution in [2.75, 3.05) is 0 Å². The van der Waals surface area contributed by atoms with Crippen molar-refractivity contribution in [3.05, 3.63) is 40.6 Å². The van der Waals surface area contributed by atoms with Crippen LogP contribution in [0.4, 0.5) is 5.69 Å². The van der Waals surface area contributed by atoms with Crippen molar-refractivity contribution in [1.29, 1.82) is 0 Å². The van der Waals surface area contributed by atoms with E-state index < -0.39 is 4.92 Å². The van der Waals surface area contributed by atoms with Crippen LogP contribution in [0.3, 0.4) is 0 Å². The fourth-order valence-electron chi connectivity index (χ4n) is 1.58. The van der Waals surface area contributed by atoms with Gasteiger partial charge in [-0.15, -0.1) is 0 Å². The third-order valence-corrected chi connectivity index (χ3v) is 2.23. The van der Waals surface area contributed by atoms with E-state index in [1.54, 1.807) is 24.4 Å². The number of para-hydroxylation sites is 1. The number of hydrogen-bond donors (Lipinski definition) is 0. The molecule has 0 fully saturated rings. The van der Waals surface area contributed by atoms with Gasteiger partial charge in [-0.2, -0.15) is 0 Å². The van der Waals surface area contributed by atoms with Crippen LogP contribution in [0.2, 0.25) is 0 Å². The molecule has 0 spiro atoms. The molecule has 0 aliphatic carbocycles. The Bertz CT molecular complexity index is 557. The molecule has 76 valence electrons. The molecule has 0 amide bonds. The van der Waals surface area contributed by atoms with E-state index in [9.17, 15) is 14.9 Å². The lowest BCUT2D eigenvalue weighted by Gasteiger charge is -1.99. The van der Waals surface area contributed by atoms with Crippen LogP contribution >= 0.6 is 0 Å². The summed E-state index contributed by atoms with van der Waals surface area (Å²) in [5, 5.41) is 11.5. The fraction of sp³-hybridized carbons (Fsp3) is 0.100. The van der Waals surface area contributed by atoms with Crippen LogP contribution < -0.4 is 0 Å². The van der Waals surface area contributed by atoms with Crippen LogP contribution in [-0.2, 0) is 0 Å². The zero-order chi connectivity index (χ0) is 11.0. The average Bonchev–Trinajstić information content (AvgIpc) is 2.60. The topological polar surface area (TPSA) is 65.1 Å². The third kappa shape index (κ3) is 1.38. The fourth-order valence-corrected chi connectivity index (χ4v) is 1.58. The molecule has 1 heterocycles. The molecule has 2 aromatic rings. The predicted octanol–water partition coefficient (Wildman–Crippen LogP) is 2.21. The lowest BCUT2D eigenvalue weighted by Crippen LogP contribution is -2.04. The van der Waals surface area contributed by atoms with Crippen LogP contribution in [0, 0.1) is 10.1 Å². The summed E-state index contributed by atoms with van der Waals surface area (Å²) >= 11 is 0. The van der Waals surface area contributed by atoms with E-state index in [4.69, 9.17) is 0 Å². The maximum absolute atomic E-state index is 11.2. The molecule has 0 bridgehead atoms. The molecular weight excluding hydrogens is 196 g/mol. The number of nitro groups is 1. The lowest BCUT2D eigenvalue weighted by molar-refractivity contribution is -0.383. The Balaban J connectivity index is 2.86. The van der Waals surface area contributed by atoms with E-state index in [0.29, 0.717) is 10.9 Å². The van der Waals surface area contributed by atoms with Gasteiger partial charge in [0.1, 0.15) is 5.52 Å². The number of fused-ring (bicyclic) bond motifs is 1. The summed E-state index contributed by atoms with van der Waals surface area (Å²) < 4.78 is 1.29. The molecule has 0 radical (unpaired) electrons. The molecule has 15 heavy (non-hydrogen) atoms. The van der Waals surface area contributed by atoms with E-state index in [1.807, 2.05) is 0 Å². The van der Waals surface area contributed by atoms with E-state index >= 15 is 0 Å². The molecule has 1 aromatic carbocycles. The zero-order valence-electron chi connectivity index (χ0n) is 8.01. The molecule has 5 heteroatoms. The molecule has 0 atom stereocenters. The summed E-state index contributed by atoms with van der Waals surface area (Å²) in [7, 11) is 0. The SMILES string of the molecule is CC(=O)n1ccc2cccc([N+](=O)[O-])c21. The smallest absolute Gasteiger partial charge is 0.281 e. The molecular formula is C10H8N2O3. The molecule has 5 nitrogen and oxygen atoms in total. The van der Waals surface area contributed by atoms with Crippen molar-refractivity contribution >= 4 is 22.5 Å². The molecule has 0 N–H and O–H groups in total. The van der Waals surface area contributed by atoms with Gasteiger partial charge in [0.15, 0.2) is 0 Å². The highest BCUT2D eigenvalue weighted by atomic mass is 16.6. The standard InChI is InChI=1S/C10H8N2O3/c1-7(13)11-6-5-8-3-2-4-9(10(8)11)12(14)15/h2-6H,1H3. The van der Waals surface area contributed by atoms with Gasteiger partial charge in [-0.05, 0) is 6.07 Å². The average molecular weight is 204 g/mol. The normalized spacial score (nSPS) is 10.5. The van der Waals surface area contributed by atoms with Crippen molar-refractivity contribution < 1.29 is 9.72 Å². The second-order valence-electron chi connectivity index (χ2n) is 3.18. The molecule has 2 rings (SSSR count). The van der Waals surface area contributed by atoms with Crippen molar-refractivity contribution in [2.45, 2.75) is 6.92 Å². The highest BCUT2D eigenvalue weighted by Crippen LogP contribution is 2.26. The summed E-state index contributed by atoms with van der Waals surface area (Å²) in [6.07, 6.45) is 1.54. The zero-order valence-corrected chi connectivity index (χ0v) is 8.01. The van der Waals surface area contributed by atoms with E-state index in [2.05, 4.69) is 0 Å². The number of rotatable bonds is 1. The lowest BCUT2D eigenvalue weighted by atomic mass is 10.2. The Morgan fingerprint density at radius 2 is 2.13 bits per heavy atom. The van der Waals surface area contributed by atoms with Gasteiger partial charge in [0, 0.05) is 24.6 Å². The van der Waals surface area contributed by atoms with Crippen molar-refractivity contribution in [3.8, 4) is 0 Å². The second-order valence-corrected chi connectivity index (χ2v) is 3.18. The number of nitro benzene ring substituents is 1. The number of aromatic nitrogens is 1. The third-order valence-electron chi connectivity index (χ3n) is 2.23. The van der Waals surface area contributed by atoms with E-state index in [0.717, 1.165) is 0 Å². The number of benzene rings is 1. The Kier molecular flexibility index (Phi) is 2.00. The van der Waals surface area contributed by atoms with Crippen LogP contribution in [-0.4, -0.2) is 15.4 Å². The first-order valence-corrected chi connectivity index (χ1v) is 4.36. The van der Waals surface area contributed by atoms with Crippen LogP contribution in [0.1, 0.15) is 11.7 Å². The minimum atomic E-state index is -0.484. The number of carbonyl (C=O) groups excluding carboxylic acids is 1. The summed E-state index contributed by atoms with van der Waals surface area (Å²) in [6.45, 7) is 1.37. The Morgan fingerprint density at radius 3 is 2.73 bits per heavy atom. The van der Waals surface area contributed by atoms with Gasteiger partial charge in [0.25, 0.3) is 5.69 Å².